The van der Waals surface area contributed by atoms with Crippen molar-refractivity contribution in [2.75, 3.05) is 0 Å². The van der Waals surface area contributed by atoms with E-state index in [2.05, 4.69) is 17.1 Å². The van der Waals surface area contributed by atoms with Crippen molar-refractivity contribution in [3.05, 3.63) is 40.3 Å². The van der Waals surface area contributed by atoms with Crippen LogP contribution in [0.15, 0.2) is 29.1 Å². The fourth-order valence-electron chi connectivity index (χ4n) is 2.48. The van der Waals surface area contributed by atoms with Crippen LogP contribution in [0.2, 0.25) is 0 Å². The van der Waals surface area contributed by atoms with E-state index < -0.39 is 0 Å². The van der Waals surface area contributed by atoms with Gasteiger partial charge in [-0.3, -0.25) is 9.89 Å². The molecule has 0 unspecified atom stereocenters. The molecule has 3 aromatic rings. The van der Waals surface area contributed by atoms with Crippen molar-refractivity contribution in [1.29, 1.82) is 0 Å². The zero-order chi connectivity index (χ0) is 12.7. The largest absolute Gasteiger partial charge is 0.308 e. The lowest BCUT2D eigenvalue weighted by atomic mass is 10.1. The van der Waals surface area contributed by atoms with Gasteiger partial charge in [0.1, 0.15) is 5.52 Å². The van der Waals surface area contributed by atoms with Crippen molar-refractivity contribution < 1.29 is 0 Å². The lowest BCUT2D eigenvalue weighted by Gasteiger charge is -2.09. The van der Waals surface area contributed by atoms with E-state index in [1.54, 1.807) is 0 Å². The molecule has 18 heavy (non-hydrogen) atoms. The highest BCUT2D eigenvalue weighted by Crippen LogP contribution is 2.22. The lowest BCUT2D eigenvalue weighted by Crippen LogP contribution is -2.20. The van der Waals surface area contributed by atoms with E-state index in [0.29, 0.717) is 5.39 Å². The average molecular weight is 241 g/mol. The van der Waals surface area contributed by atoms with Crippen molar-refractivity contribution in [1.82, 2.24) is 14.8 Å². The molecule has 3 rings (SSSR count). The molecule has 0 bridgehead atoms. The molecule has 1 N–H and O–H groups in total. The lowest BCUT2D eigenvalue weighted by molar-refractivity contribution is 0.682. The molecule has 0 saturated heterocycles. The number of aromatic amines is 1. The second-order valence-electron chi connectivity index (χ2n) is 4.55. The van der Waals surface area contributed by atoms with Gasteiger partial charge in [0.2, 0.25) is 0 Å². The molecule has 2 aromatic heterocycles. The maximum absolute atomic E-state index is 12.5. The Morgan fingerprint density at radius 1 is 1.33 bits per heavy atom. The summed E-state index contributed by atoms with van der Waals surface area (Å²) < 4.78 is 1.85. The molecular weight excluding hydrogens is 226 g/mol. The SMILES string of the molecule is CCCn1c(=O)c2c(C)[nH]nc2c2ccccc21. The summed E-state index contributed by atoms with van der Waals surface area (Å²) in [5.41, 5.74) is 2.63. The number of nitrogens with one attached hydrogen (secondary N) is 1. The predicted octanol–water partition coefficient (Wildman–Crippen LogP) is 2.60. The van der Waals surface area contributed by atoms with Crippen LogP contribution >= 0.6 is 0 Å². The van der Waals surface area contributed by atoms with Gasteiger partial charge in [0.05, 0.1) is 10.9 Å². The number of aryl methyl sites for hydroxylation is 2. The molecule has 0 radical (unpaired) electrons. The predicted molar refractivity (Wildman–Crippen MR) is 72.9 cm³/mol. The van der Waals surface area contributed by atoms with Crippen LogP contribution in [-0.2, 0) is 6.54 Å². The highest BCUT2D eigenvalue weighted by atomic mass is 16.1. The van der Waals surface area contributed by atoms with E-state index >= 15 is 0 Å². The summed E-state index contributed by atoms with van der Waals surface area (Å²) in [5, 5.41) is 8.93. The van der Waals surface area contributed by atoms with Gasteiger partial charge in [0.25, 0.3) is 5.56 Å². The molecule has 4 nitrogen and oxygen atoms in total. The number of nitrogens with zero attached hydrogens (tertiary/aromatic N) is 2. The van der Waals surface area contributed by atoms with E-state index in [4.69, 9.17) is 0 Å². The van der Waals surface area contributed by atoms with Crippen LogP contribution in [0.25, 0.3) is 21.8 Å². The maximum atomic E-state index is 12.5. The van der Waals surface area contributed by atoms with Crippen LogP contribution in [0.4, 0.5) is 0 Å². The zero-order valence-electron chi connectivity index (χ0n) is 10.5. The Hall–Kier alpha value is -2.10. The first kappa shape index (κ1) is 11.0. The molecule has 2 heterocycles. The highest BCUT2D eigenvalue weighted by Gasteiger charge is 2.13. The quantitative estimate of drug-likeness (QED) is 0.749. The Bertz CT molecular complexity index is 783. The molecular formula is C14H15N3O. The molecule has 0 aliphatic carbocycles. The first-order valence-corrected chi connectivity index (χ1v) is 6.20. The molecule has 0 spiro atoms. The molecule has 0 aliphatic heterocycles. The Kier molecular flexibility index (Phi) is 2.44. The van der Waals surface area contributed by atoms with E-state index in [-0.39, 0.29) is 5.56 Å². The van der Waals surface area contributed by atoms with Gasteiger partial charge in [-0.15, -0.1) is 0 Å². The maximum Gasteiger partial charge on any atom is 0.262 e. The minimum atomic E-state index is 0.0526. The smallest absolute Gasteiger partial charge is 0.262 e. The normalized spacial score (nSPS) is 11.4. The number of para-hydroxylation sites is 1. The highest BCUT2D eigenvalue weighted by molar-refractivity contribution is 6.03. The van der Waals surface area contributed by atoms with Crippen LogP contribution in [0.5, 0.6) is 0 Å². The van der Waals surface area contributed by atoms with Crippen molar-refractivity contribution in [2.45, 2.75) is 26.8 Å². The Morgan fingerprint density at radius 3 is 2.89 bits per heavy atom. The number of fused-ring (bicyclic) bond motifs is 3. The number of H-pyrrole nitrogens is 1. The Balaban J connectivity index is 2.59. The topological polar surface area (TPSA) is 50.7 Å². The third-order valence-corrected chi connectivity index (χ3v) is 3.30. The summed E-state index contributed by atoms with van der Waals surface area (Å²) in [6, 6.07) is 7.94. The third kappa shape index (κ3) is 1.38. The number of aromatic nitrogens is 3. The molecule has 0 saturated carbocycles. The first-order chi connectivity index (χ1) is 8.74. The van der Waals surface area contributed by atoms with Crippen molar-refractivity contribution in [3.63, 3.8) is 0 Å². The van der Waals surface area contributed by atoms with Gasteiger partial charge in [-0.2, -0.15) is 5.10 Å². The number of benzene rings is 1. The van der Waals surface area contributed by atoms with E-state index in [0.717, 1.165) is 35.1 Å². The minimum absolute atomic E-state index is 0.0526. The molecule has 1 aromatic carbocycles. The van der Waals surface area contributed by atoms with Crippen LogP contribution < -0.4 is 5.56 Å². The summed E-state index contributed by atoms with van der Waals surface area (Å²) in [7, 11) is 0. The molecule has 0 amide bonds. The van der Waals surface area contributed by atoms with E-state index in [1.165, 1.54) is 0 Å². The minimum Gasteiger partial charge on any atom is -0.308 e. The van der Waals surface area contributed by atoms with Gasteiger partial charge < -0.3 is 4.57 Å². The van der Waals surface area contributed by atoms with Crippen LogP contribution in [0.1, 0.15) is 19.0 Å². The summed E-state index contributed by atoms with van der Waals surface area (Å²) in [6.07, 6.45) is 0.937. The Labute approximate surface area is 104 Å². The summed E-state index contributed by atoms with van der Waals surface area (Å²) in [5.74, 6) is 0. The van der Waals surface area contributed by atoms with Gasteiger partial charge in [-0.25, -0.2) is 0 Å². The Morgan fingerprint density at radius 2 is 2.11 bits per heavy atom. The van der Waals surface area contributed by atoms with Crippen molar-refractivity contribution in [3.8, 4) is 0 Å². The fraction of sp³-hybridized carbons (Fsp3) is 0.286. The number of hydrogen-bond donors (Lipinski definition) is 1. The van der Waals surface area contributed by atoms with Gasteiger partial charge in [-0.1, -0.05) is 25.1 Å². The van der Waals surface area contributed by atoms with Gasteiger partial charge in [0.15, 0.2) is 0 Å². The monoisotopic (exact) mass is 241 g/mol. The first-order valence-electron chi connectivity index (χ1n) is 6.20. The average Bonchev–Trinajstić information content (AvgIpc) is 2.77. The number of pyridine rings is 1. The zero-order valence-corrected chi connectivity index (χ0v) is 10.5. The molecule has 92 valence electrons. The second-order valence-corrected chi connectivity index (χ2v) is 4.55. The van der Waals surface area contributed by atoms with Gasteiger partial charge >= 0.3 is 0 Å². The van der Waals surface area contributed by atoms with Crippen molar-refractivity contribution in [2.24, 2.45) is 0 Å². The van der Waals surface area contributed by atoms with Crippen LogP contribution in [0.3, 0.4) is 0 Å². The summed E-state index contributed by atoms with van der Waals surface area (Å²) >= 11 is 0. The van der Waals surface area contributed by atoms with E-state index in [1.807, 2.05) is 35.8 Å². The summed E-state index contributed by atoms with van der Waals surface area (Å²) in [4.78, 5) is 12.5. The molecule has 0 aliphatic rings. The van der Waals surface area contributed by atoms with E-state index in [9.17, 15) is 4.79 Å². The van der Waals surface area contributed by atoms with Gasteiger partial charge in [0, 0.05) is 17.6 Å². The molecule has 4 heteroatoms. The third-order valence-electron chi connectivity index (χ3n) is 3.30. The molecule has 0 fully saturated rings. The fourth-order valence-corrected chi connectivity index (χ4v) is 2.48. The van der Waals surface area contributed by atoms with Gasteiger partial charge in [-0.05, 0) is 19.4 Å². The van der Waals surface area contributed by atoms with Crippen LogP contribution in [0, 0.1) is 6.92 Å². The molecule has 0 atom stereocenters. The standard InChI is InChI=1S/C14H15N3O/c1-3-8-17-11-7-5-4-6-10(11)13-12(14(17)18)9(2)15-16-13/h4-7H,3,8H2,1-2H3,(H,15,16). The second kappa shape index (κ2) is 3.98. The number of hydrogen-bond acceptors (Lipinski definition) is 2. The number of rotatable bonds is 2. The summed E-state index contributed by atoms with van der Waals surface area (Å²) in [6.45, 7) is 4.70. The van der Waals surface area contributed by atoms with Crippen LogP contribution in [-0.4, -0.2) is 14.8 Å². The van der Waals surface area contributed by atoms with Crippen molar-refractivity contribution >= 4 is 21.8 Å².